The number of hydrogen-bond donors (Lipinski definition) is 1. The largest absolute Gasteiger partial charge is 0.489 e. The first-order valence-corrected chi connectivity index (χ1v) is 13.1. The van der Waals surface area contributed by atoms with Gasteiger partial charge in [-0.15, -0.1) is 0 Å². The number of carbonyl (C=O) groups excluding carboxylic acids is 2. The highest BCUT2D eigenvalue weighted by Gasteiger charge is 2.21. The summed E-state index contributed by atoms with van der Waals surface area (Å²) in [5, 5.41) is 3.51. The van der Waals surface area contributed by atoms with Crippen LogP contribution in [0.25, 0.3) is 22.2 Å². The van der Waals surface area contributed by atoms with Crippen molar-refractivity contribution in [3.63, 3.8) is 0 Å². The van der Waals surface area contributed by atoms with Crippen LogP contribution in [0.5, 0.6) is 5.75 Å². The average molecular weight is 531 g/mol. The average Bonchev–Trinajstić information content (AvgIpc) is 2.98. The van der Waals surface area contributed by atoms with Crippen molar-refractivity contribution >= 4 is 28.5 Å². The molecule has 0 unspecified atom stereocenters. The van der Waals surface area contributed by atoms with Gasteiger partial charge in [-0.25, -0.2) is 9.78 Å². The summed E-state index contributed by atoms with van der Waals surface area (Å²) < 4.78 is 11.4. The second-order valence-electron chi connectivity index (χ2n) is 9.65. The molecule has 4 aromatic carbocycles. The fourth-order valence-corrected chi connectivity index (χ4v) is 4.58. The minimum absolute atomic E-state index is 0.393. The van der Waals surface area contributed by atoms with Gasteiger partial charge in [0.2, 0.25) is 0 Å². The number of fused-ring (bicyclic) bond motifs is 1. The van der Waals surface area contributed by atoms with Crippen LogP contribution in [0.15, 0.2) is 97.1 Å². The number of amides is 1. The highest BCUT2D eigenvalue weighted by molar-refractivity contribution is 6.07. The molecule has 0 fully saturated rings. The van der Waals surface area contributed by atoms with Crippen molar-refractivity contribution in [1.29, 1.82) is 0 Å². The fourth-order valence-electron chi connectivity index (χ4n) is 4.58. The Hall–Kier alpha value is -4.97. The Morgan fingerprint density at radius 1 is 0.775 bits per heavy atom. The van der Waals surface area contributed by atoms with Gasteiger partial charge in [0.25, 0.3) is 5.91 Å². The molecule has 0 aliphatic heterocycles. The SMILES string of the molecule is Cc1cccc(NC(=O)COC(=O)c2c(C)c(-c3ccc(OCc4ccccc4)cc3)nc3ccccc23)c1C. The van der Waals surface area contributed by atoms with Crippen molar-refractivity contribution in [2.24, 2.45) is 0 Å². The second kappa shape index (κ2) is 11.8. The van der Waals surface area contributed by atoms with E-state index in [4.69, 9.17) is 14.5 Å². The van der Waals surface area contributed by atoms with Gasteiger partial charge in [0.05, 0.1) is 16.8 Å². The number of benzene rings is 4. The van der Waals surface area contributed by atoms with Crippen LogP contribution < -0.4 is 10.1 Å². The standard InChI is InChI=1S/C34H30N2O4/c1-22-10-9-15-29(23(22)2)35-31(37)21-40-34(38)32-24(3)33(36-30-14-8-7-13-28(30)32)26-16-18-27(19-17-26)39-20-25-11-5-4-6-12-25/h4-19H,20-21H2,1-3H3,(H,35,37). The van der Waals surface area contributed by atoms with Crippen molar-refractivity contribution in [2.45, 2.75) is 27.4 Å². The van der Waals surface area contributed by atoms with Crippen LogP contribution in [0, 0.1) is 20.8 Å². The molecule has 0 spiro atoms. The molecule has 0 saturated heterocycles. The molecule has 6 heteroatoms. The Kier molecular flexibility index (Phi) is 7.87. The van der Waals surface area contributed by atoms with E-state index in [0.717, 1.165) is 28.0 Å². The lowest BCUT2D eigenvalue weighted by Gasteiger charge is -2.15. The normalized spacial score (nSPS) is 10.8. The Bertz CT molecular complexity index is 1680. The lowest BCUT2D eigenvalue weighted by molar-refractivity contribution is -0.119. The van der Waals surface area contributed by atoms with Gasteiger partial charge in [-0.2, -0.15) is 0 Å². The third kappa shape index (κ3) is 5.86. The van der Waals surface area contributed by atoms with Crippen LogP contribution >= 0.6 is 0 Å². The van der Waals surface area contributed by atoms with Gasteiger partial charge in [-0.05, 0) is 79.4 Å². The maximum absolute atomic E-state index is 13.4. The molecule has 5 rings (SSSR count). The summed E-state index contributed by atoms with van der Waals surface area (Å²) in [6.07, 6.45) is 0. The van der Waals surface area contributed by atoms with Gasteiger partial charge in [-0.1, -0.05) is 60.7 Å². The van der Waals surface area contributed by atoms with Gasteiger partial charge in [0.1, 0.15) is 12.4 Å². The highest BCUT2D eigenvalue weighted by atomic mass is 16.5. The number of nitrogens with one attached hydrogen (secondary N) is 1. The first-order valence-electron chi connectivity index (χ1n) is 13.1. The van der Waals surface area contributed by atoms with E-state index in [9.17, 15) is 9.59 Å². The van der Waals surface area contributed by atoms with Crippen LogP contribution in [0.4, 0.5) is 5.69 Å². The molecule has 1 N–H and O–H groups in total. The number of anilines is 1. The van der Waals surface area contributed by atoms with Crippen LogP contribution in [0.2, 0.25) is 0 Å². The molecule has 0 radical (unpaired) electrons. The monoisotopic (exact) mass is 530 g/mol. The van der Waals surface area contributed by atoms with E-state index < -0.39 is 18.5 Å². The molecule has 200 valence electrons. The molecular weight excluding hydrogens is 500 g/mol. The third-order valence-corrected chi connectivity index (χ3v) is 6.93. The topological polar surface area (TPSA) is 77.5 Å². The van der Waals surface area contributed by atoms with E-state index in [-0.39, 0.29) is 0 Å². The number of hydrogen-bond acceptors (Lipinski definition) is 5. The van der Waals surface area contributed by atoms with E-state index in [2.05, 4.69) is 5.32 Å². The minimum Gasteiger partial charge on any atom is -0.489 e. The van der Waals surface area contributed by atoms with E-state index in [1.807, 2.05) is 118 Å². The van der Waals surface area contributed by atoms with Crippen LogP contribution in [0.1, 0.15) is 32.6 Å². The summed E-state index contributed by atoms with van der Waals surface area (Å²) in [6, 6.07) is 30.7. The first-order chi connectivity index (χ1) is 19.4. The number of pyridine rings is 1. The van der Waals surface area contributed by atoms with Crippen LogP contribution in [-0.4, -0.2) is 23.5 Å². The van der Waals surface area contributed by atoms with Crippen LogP contribution in [-0.2, 0) is 16.1 Å². The Morgan fingerprint density at radius 3 is 2.27 bits per heavy atom. The van der Waals surface area contributed by atoms with Gasteiger partial charge in [-0.3, -0.25) is 4.79 Å². The quantitative estimate of drug-likeness (QED) is 0.215. The van der Waals surface area contributed by atoms with Crippen molar-refractivity contribution < 1.29 is 19.1 Å². The molecule has 0 aliphatic rings. The predicted octanol–water partition coefficient (Wildman–Crippen LogP) is 7.20. The zero-order valence-corrected chi connectivity index (χ0v) is 22.7. The lowest BCUT2D eigenvalue weighted by Crippen LogP contribution is -2.22. The van der Waals surface area contributed by atoms with Crippen molar-refractivity contribution in [3.05, 3.63) is 125 Å². The number of rotatable bonds is 8. The number of esters is 1. The molecule has 0 saturated carbocycles. The van der Waals surface area contributed by atoms with Gasteiger partial charge >= 0.3 is 5.97 Å². The zero-order valence-electron chi connectivity index (χ0n) is 22.7. The molecule has 1 amide bonds. The highest BCUT2D eigenvalue weighted by Crippen LogP contribution is 2.31. The molecule has 40 heavy (non-hydrogen) atoms. The second-order valence-corrected chi connectivity index (χ2v) is 9.65. The van der Waals surface area contributed by atoms with E-state index in [0.29, 0.717) is 40.0 Å². The molecule has 1 heterocycles. The maximum atomic E-state index is 13.4. The van der Waals surface area contributed by atoms with Crippen molar-refractivity contribution in [1.82, 2.24) is 4.98 Å². The Labute approximate surface area is 233 Å². The summed E-state index contributed by atoms with van der Waals surface area (Å²) in [6.45, 7) is 5.84. The Balaban J connectivity index is 1.36. The summed E-state index contributed by atoms with van der Waals surface area (Å²) >= 11 is 0. The molecule has 0 bridgehead atoms. The van der Waals surface area contributed by atoms with Crippen LogP contribution in [0.3, 0.4) is 0 Å². The summed E-state index contributed by atoms with van der Waals surface area (Å²) in [4.78, 5) is 30.8. The number of aromatic nitrogens is 1. The summed E-state index contributed by atoms with van der Waals surface area (Å²) in [5.74, 6) is -0.235. The maximum Gasteiger partial charge on any atom is 0.339 e. The van der Waals surface area contributed by atoms with Gasteiger partial charge < -0.3 is 14.8 Å². The van der Waals surface area contributed by atoms with E-state index in [1.54, 1.807) is 0 Å². The fraction of sp³-hybridized carbons (Fsp3) is 0.147. The van der Waals surface area contributed by atoms with Gasteiger partial charge in [0, 0.05) is 16.6 Å². The minimum atomic E-state index is -0.573. The number of ether oxygens (including phenoxy) is 2. The molecule has 0 atom stereocenters. The number of nitrogens with zero attached hydrogens (tertiary/aromatic N) is 1. The molecule has 0 aliphatic carbocycles. The molecular formula is C34H30N2O4. The molecule has 1 aromatic heterocycles. The summed E-state index contributed by atoms with van der Waals surface area (Å²) in [5.41, 5.74) is 7.07. The third-order valence-electron chi connectivity index (χ3n) is 6.93. The predicted molar refractivity (Wildman–Crippen MR) is 158 cm³/mol. The smallest absolute Gasteiger partial charge is 0.339 e. The van der Waals surface area contributed by atoms with Crippen molar-refractivity contribution in [3.8, 4) is 17.0 Å². The lowest BCUT2D eigenvalue weighted by atomic mass is 9.97. The summed E-state index contributed by atoms with van der Waals surface area (Å²) in [7, 11) is 0. The van der Waals surface area contributed by atoms with Gasteiger partial charge in [0.15, 0.2) is 6.61 Å². The number of carbonyl (C=O) groups is 2. The Morgan fingerprint density at radius 2 is 1.50 bits per heavy atom. The van der Waals surface area contributed by atoms with Crippen molar-refractivity contribution in [2.75, 3.05) is 11.9 Å². The molecule has 6 nitrogen and oxygen atoms in total. The number of aryl methyl sites for hydroxylation is 1. The van der Waals surface area contributed by atoms with E-state index >= 15 is 0 Å². The molecule has 5 aromatic rings. The number of para-hydroxylation sites is 1. The zero-order chi connectivity index (χ0) is 28.1. The van der Waals surface area contributed by atoms with E-state index in [1.165, 1.54) is 0 Å². The first kappa shape index (κ1) is 26.6.